The zero-order chi connectivity index (χ0) is 36.9. The third-order valence-electron chi connectivity index (χ3n) is 8.91. The molecular weight excluding hydrogens is 634 g/mol. The highest BCUT2D eigenvalue weighted by atomic mass is 16.7. The summed E-state index contributed by atoms with van der Waals surface area (Å²) < 4.78 is 23.4. The van der Waals surface area contributed by atoms with Crippen LogP contribution in [0.2, 0.25) is 0 Å². The number of unbranched alkanes of at least 4 members (excludes halogenated alkanes) is 8. The van der Waals surface area contributed by atoms with Gasteiger partial charge in [-0.1, -0.05) is 75.7 Å². The minimum absolute atomic E-state index is 0.000890. The number of ether oxygens (including phenoxy) is 4. The van der Waals surface area contributed by atoms with E-state index in [1.165, 1.54) is 32.6 Å². The standard InChI is InChI=1S/C41H65NO8/c1-7-9-11-15-18-25-41(48-30-31-49-41)26-19-16-13-12-14-17-20-35(40(6,46)27-28-43)37(44)42-36(38(45)50-39(3,4)5)32-33-21-23-34(24-22-33)47-29-10-8-2/h17,20-24,35-36,43,46H,7,9,11-16,18-19,25-32H2,1-6H3,(H,42,44)/b20-17+/t35-,36+,40+/m1/s1. The van der Waals surface area contributed by atoms with E-state index in [0.717, 1.165) is 56.9 Å². The van der Waals surface area contributed by atoms with Crippen molar-refractivity contribution < 1.29 is 38.7 Å². The predicted octanol–water partition coefficient (Wildman–Crippen LogP) is 7.21. The van der Waals surface area contributed by atoms with Crippen molar-refractivity contribution in [2.45, 2.75) is 154 Å². The van der Waals surface area contributed by atoms with Gasteiger partial charge in [0.25, 0.3) is 0 Å². The first-order chi connectivity index (χ1) is 23.8. The molecule has 0 bridgehead atoms. The van der Waals surface area contributed by atoms with E-state index in [1.54, 1.807) is 45.9 Å². The Morgan fingerprint density at radius 1 is 0.980 bits per heavy atom. The van der Waals surface area contributed by atoms with Crippen molar-refractivity contribution in [1.82, 2.24) is 5.32 Å². The van der Waals surface area contributed by atoms with Gasteiger partial charge in [-0.3, -0.25) is 4.79 Å². The summed E-state index contributed by atoms with van der Waals surface area (Å²) in [5.74, 6) is 3.81. The van der Waals surface area contributed by atoms with Gasteiger partial charge in [0.2, 0.25) is 5.91 Å². The van der Waals surface area contributed by atoms with Crippen molar-refractivity contribution in [2.24, 2.45) is 5.92 Å². The lowest BCUT2D eigenvalue weighted by Crippen LogP contribution is -2.51. The molecule has 0 aromatic heterocycles. The summed E-state index contributed by atoms with van der Waals surface area (Å²) in [6, 6.07) is 6.26. The molecule has 0 aliphatic carbocycles. The second-order valence-electron chi connectivity index (χ2n) is 14.6. The van der Waals surface area contributed by atoms with Crippen LogP contribution in [0.1, 0.15) is 131 Å². The quantitative estimate of drug-likeness (QED) is 0.0448. The minimum atomic E-state index is -1.53. The number of benzene rings is 1. The molecule has 282 valence electrons. The smallest absolute Gasteiger partial charge is 0.329 e. The highest BCUT2D eigenvalue weighted by molar-refractivity contribution is 5.87. The first-order valence-electron chi connectivity index (χ1n) is 18.8. The number of aliphatic hydroxyl groups excluding tert-OH is 1. The Bertz CT molecular complexity index is 1200. The fourth-order valence-electron chi connectivity index (χ4n) is 6.09. The van der Waals surface area contributed by atoms with E-state index in [1.807, 2.05) is 18.2 Å². The van der Waals surface area contributed by atoms with Gasteiger partial charge in [0.15, 0.2) is 5.79 Å². The second-order valence-corrected chi connectivity index (χ2v) is 14.6. The van der Waals surface area contributed by atoms with Gasteiger partial charge >= 0.3 is 5.97 Å². The predicted molar refractivity (Wildman–Crippen MR) is 198 cm³/mol. The molecule has 0 radical (unpaired) electrons. The van der Waals surface area contributed by atoms with Crippen LogP contribution in [0.4, 0.5) is 0 Å². The molecule has 1 aromatic carbocycles. The number of nitrogens with one attached hydrogen (secondary N) is 1. The number of carbonyl (C=O) groups excluding carboxylic acids is 2. The lowest BCUT2D eigenvalue weighted by molar-refractivity contribution is -0.168. The normalized spacial score (nSPS) is 16.6. The van der Waals surface area contributed by atoms with Crippen LogP contribution in [0.5, 0.6) is 5.75 Å². The molecule has 3 N–H and O–H groups in total. The van der Waals surface area contributed by atoms with Gasteiger partial charge in [-0.05, 0) is 78.0 Å². The Labute approximate surface area is 301 Å². The van der Waals surface area contributed by atoms with Crippen molar-refractivity contribution >= 4 is 11.9 Å². The lowest BCUT2D eigenvalue weighted by Gasteiger charge is -2.31. The van der Waals surface area contributed by atoms with Gasteiger partial charge in [-0.25, -0.2) is 4.79 Å². The van der Waals surface area contributed by atoms with Crippen LogP contribution in [0.3, 0.4) is 0 Å². The van der Waals surface area contributed by atoms with Gasteiger partial charge in [-0.2, -0.15) is 0 Å². The third kappa shape index (κ3) is 16.9. The van der Waals surface area contributed by atoms with E-state index in [9.17, 15) is 19.8 Å². The first-order valence-corrected chi connectivity index (χ1v) is 18.8. The van der Waals surface area contributed by atoms with E-state index in [4.69, 9.17) is 18.9 Å². The number of esters is 1. The van der Waals surface area contributed by atoms with Crippen molar-refractivity contribution in [1.29, 1.82) is 0 Å². The third-order valence-corrected chi connectivity index (χ3v) is 8.91. The molecule has 1 aromatic rings. The van der Waals surface area contributed by atoms with E-state index >= 15 is 0 Å². The van der Waals surface area contributed by atoms with Gasteiger partial charge in [0.1, 0.15) is 24.0 Å². The lowest BCUT2D eigenvalue weighted by atomic mass is 9.84. The SMILES string of the molecule is CC#CCOc1ccc(C[C@H](NC(=O)[C@@H](/C=C/CCCCCCC2(CCCCCCC)OCCO2)[C@@](C)(O)CCO)C(=O)OC(C)(C)C)cc1. The van der Waals surface area contributed by atoms with Gasteiger partial charge in [0.05, 0.1) is 24.7 Å². The van der Waals surface area contributed by atoms with Gasteiger partial charge in [0, 0.05) is 32.3 Å². The average molecular weight is 700 g/mol. The summed E-state index contributed by atoms with van der Waals surface area (Å²) in [5, 5.41) is 23.8. The number of rotatable bonds is 24. The maximum absolute atomic E-state index is 13.8. The van der Waals surface area contributed by atoms with Crippen LogP contribution in [0.25, 0.3) is 0 Å². The Kier molecular flexibility index (Phi) is 19.7. The zero-order valence-corrected chi connectivity index (χ0v) is 31.7. The number of hydrogen-bond donors (Lipinski definition) is 3. The number of carbonyl (C=O) groups is 2. The van der Waals surface area contributed by atoms with E-state index in [-0.39, 0.29) is 26.1 Å². The van der Waals surface area contributed by atoms with E-state index in [2.05, 4.69) is 24.1 Å². The molecule has 50 heavy (non-hydrogen) atoms. The van der Waals surface area contributed by atoms with Crippen LogP contribution >= 0.6 is 0 Å². The van der Waals surface area contributed by atoms with Crippen LogP contribution in [-0.2, 0) is 30.2 Å². The Hall–Kier alpha value is -2.90. The number of amides is 1. The highest BCUT2D eigenvalue weighted by Gasteiger charge is 2.38. The average Bonchev–Trinajstić information content (AvgIpc) is 3.52. The zero-order valence-electron chi connectivity index (χ0n) is 31.7. The highest BCUT2D eigenvalue weighted by Crippen LogP contribution is 2.32. The molecular formula is C41H65NO8. The Morgan fingerprint density at radius 3 is 2.18 bits per heavy atom. The molecule has 2 rings (SSSR count). The Morgan fingerprint density at radius 2 is 1.60 bits per heavy atom. The van der Waals surface area contributed by atoms with Crippen LogP contribution in [0.15, 0.2) is 36.4 Å². The maximum atomic E-state index is 13.8. The summed E-state index contributed by atoms with van der Waals surface area (Å²) >= 11 is 0. The molecule has 1 saturated heterocycles. The molecule has 9 heteroatoms. The summed E-state index contributed by atoms with van der Waals surface area (Å²) in [7, 11) is 0. The van der Waals surface area contributed by atoms with Crippen molar-refractivity contribution in [3.8, 4) is 17.6 Å². The van der Waals surface area contributed by atoms with Crippen molar-refractivity contribution in [3.05, 3.63) is 42.0 Å². The van der Waals surface area contributed by atoms with Crippen LogP contribution in [-0.4, -0.2) is 71.5 Å². The monoisotopic (exact) mass is 699 g/mol. The molecule has 1 aliphatic rings. The van der Waals surface area contributed by atoms with Crippen LogP contribution in [0, 0.1) is 17.8 Å². The van der Waals surface area contributed by atoms with Gasteiger partial charge < -0.3 is 34.5 Å². The summed E-state index contributed by atoms with van der Waals surface area (Å²) in [4.78, 5) is 27.1. The molecule has 1 amide bonds. The second kappa shape index (κ2) is 22.8. The number of aliphatic hydroxyl groups is 2. The summed E-state index contributed by atoms with van der Waals surface area (Å²) in [6.07, 6.45) is 16.6. The molecule has 9 nitrogen and oxygen atoms in total. The first kappa shape index (κ1) is 43.3. The molecule has 3 atom stereocenters. The van der Waals surface area contributed by atoms with E-state index in [0.29, 0.717) is 19.0 Å². The largest absolute Gasteiger partial charge is 0.481 e. The molecule has 0 saturated carbocycles. The van der Waals surface area contributed by atoms with Crippen LogP contribution < -0.4 is 10.1 Å². The fraction of sp³-hybridized carbons (Fsp3) is 0.707. The number of allylic oxidation sites excluding steroid dienone is 1. The maximum Gasteiger partial charge on any atom is 0.329 e. The minimum Gasteiger partial charge on any atom is -0.481 e. The van der Waals surface area contributed by atoms with Gasteiger partial charge in [-0.15, -0.1) is 5.92 Å². The molecule has 0 spiro atoms. The molecule has 0 unspecified atom stereocenters. The molecule has 1 aliphatic heterocycles. The summed E-state index contributed by atoms with van der Waals surface area (Å²) in [5.41, 5.74) is -1.49. The topological polar surface area (TPSA) is 124 Å². The van der Waals surface area contributed by atoms with Crippen molar-refractivity contribution in [2.75, 3.05) is 26.4 Å². The van der Waals surface area contributed by atoms with Crippen molar-refractivity contribution in [3.63, 3.8) is 0 Å². The Balaban J connectivity index is 1.99. The number of hydrogen-bond acceptors (Lipinski definition) is 8. The molecule has 1 heterocycles. The van der Waals surface area contributed by atoms with E-state index < -0.39 is 40.8 Å². The fourth-order valence-corrected chi connectivity index (χ4v) is 6.09. The molecule has 1 fully saturated rings. The summed E-state index contributed by atoms with van der Waals surface area (Å²) in [6.45, 7) is 12.2.